The summed E-state index contributed by atoms with van der Waals surface area (Å²) in [5.74, 6) is 1.12. The minimum absolute atomic E-state index is 0.233. The molecule has 0 fully saturated rings. The molecule has 1 aromatic carbocycles. The molecule has 0 aromatic heterocycles. The lowest BCUT2D eigenvalue weighted by atomic mass is 9.98. The van der Waals surface area contributed by atoms with Crippen molar-refractivity contribution in [3.8, 4) is 0 Å². The minimum atomic E-state index is 0.233. The van der Waals surface area contributed by atoms with E-state index in [1.165, 1.54) is 36.0 Å². The molecule has 19 heavy (non-hydrogen) atoms. The molecule has 2 nitrogen and oxygen atoms in total. The summed E-state index contributed by atoms with van der Waals surface area (Å²) in [5, 5.41) is 3.57. The number of aryl methyl sites for hydroxylation is 2. The van der Waals surface area contributed by atoms with Crippen molar-refractivity contribution < 1.29 is 4.74 Å². The molecule has 2 aliphatic rings. The van der Waals surface area contributed by atoms with E-state index in [9.17, 15) is 0 Å². The molecule has 1 N–H and O–H groups in total. The second-order valence-corrected chi connectivity index (χ2v) is 5.47. The maximum Gasteiger partial charge on any atom is 0.113 e. The quantitative estimate of drug-likeness (QED) is 0.891. The molecule has 0 spiro atoms. The zero-order valence-corrected chi connectivity index (χ0v) is 11.7. The molecular formula is C17H23NO. The molecule has 1 aromatic rings. The summed E-state index contributed by atoms with van der Waals surface area (Å²) < 4.78 is 5.87. The van der Waals surface area contributed by atoms with E-state index in [0.717, 1.165) is 31.8 Å². The normalized spacial score (nSPS) is 19.5. The highest BCUT2D eigenvalue weighted by Crippen LogP contribution is 2.30. The molecule has 1 aliphatic carbocycles. The van der Waals surface area contributed by atoms with Gasteiger partial charge in [0.05, 0.1) is 12.6 Å². The number of hydrogen-bond donors (Lipinski definition) is 1. The Labute approximate surface area is 115 Å². The van der Waals surface area contributed by atoms with Crippen molar-refractivity contribution in [2.45, 2.75) is 45.1 Å². The van der Waals surface area contributed by atoms with Crippen molar-refractivity contribution in [2.24, 2.45) is 0 Å². The molecule has 102 valence electrons. The van der Waals surface area contributed by atoms with Crippen LogP contribution in [0.25, 0.3) is 0 Å². The number of allylic oxidation sites excluding steroid dienone is 1. The number of likely N-dealkylation sites (N-methyl/N-ethyl adjacent to an activating group) is 1. The summed E-state index contributed by atoms with van der Waals surface area (Å²) in [7, 11) is 0. The van der Waals surface area contributed by atoms with E-state index in [1.807, 2.05) is 0 Å². The van der Waals surface area contributed by atoms with Gasteiger partial charge in [-0.25, -0.2) is 0 Å². The van der Waals surface area contributed by atoms with Crippen molar-refractivity contribution >= 4 is 0 Å². The van der Waals surface area contributed by atoms with E-state index in [2.05, 4.69) is 36.5 Å². The monoisotopic (exact) mass is 257 g/mol. The van der Waals surface area contributed by atoms with Crippen LogP contribution in [0, 0.1) is 0 Å². The summed E-state index contributed by atoms with van der Waals surface area (Å²) in [6.45, 7) is 3.98. The fraction of sp³-hybridized carbons (Fsp3) is 0.529. The van der Waals surface area contributed by atoms with Crippen LogP contribution >= 0.6 is 0 Å². The summed E-state index contributed by atoms with van der Waals surface area (Å²) in [5.41, 5.74) is 4.44. The van der Waals surface area contributed by atoms with E-state index in [-0.39, 0.29) is 6.04 Å². The van der Waals surface area contributed by atoms with Gasteiger partial charge in [0.1, 0.15) is 5.76 Å². The average Bonchev–Trinajstić information content (AvgIpc) is 2.93. The lowest BCUT2D eigenvalue weighted by Gasteiger charge is -2.25. The van der Waals surface area contributed by atoms with Gasteiger partial charge in [0, 0.05) is 0 Å². The Balaban J connectivity index is 1.89. The molecular weight excluding hydrogens is 234 g/mol. The largest absolute Gasteiger partial charge is 0.496 e. The molecule has 1 aliphatic heterocycles. The van der Waals surface area contributed by atoms with Crippen molar-refractivity contribution in [3.05, 3.63) is 46.7 Å². The molecule has 0 saturated carbocycles. The van der Waals surface area contributed by atoms with Crippen LogP contribution in [0.4, 0.5) is 0 Å². The molecule has 0 amide bonds. The van der Waals surface area contributed by atoms with Crippen molar-refractivity contribution in [1.29, 1.82) is 0 Å². The molecule has 3 rings (SSSR count). The van der Waals surface area contributed by atoms with Gasteiger partial charge in [-0.05, 0) is 61.4 Å². The number of hydrogen-bond acceptors (Lipinski definition) is 2. The minimum Gasteiger partial charge on any atom is -0.496 e. The van der Waals surface area contributed by atoms with Gasteiger partial charge in [-0.1, -0.05) is 25.1 Å². The Kier molecular flexibility index (Phi) is 3.88. The fourth-order valence-electron chi connectivity index (χ4n) is 3.14. The lowest BCUT2D eigenvalue weighted by Crippen LogP contribution is -2.25. The molecule has 1 atom stereocenters. The number of fused-ring (bicyclic) bond motifs is 1. The van der Waals surface area contributed by atoms with E-state index >= 15 is 0 Å². The predicted molar refractivity (Wildman–Crippen MR) is 78.2 cm³/mol. The van der Waals surface area contributed by atoms with Gasteiger partial charge in [0.25, 0.3) is 0 Å². The van der Waals surface area contributed by atoms with Gasteiger partial charge in [-0.3, -0.25) is 0 Å². The van der Waals surface area contributed by atoms with Crippen molar-refractivity contribution in [2.75, 3.05) is 13.2 Å². The van der Waals surface area contributed by atoms with Gasteiger partial charge in [-0.2, -0.15) is 0 Å². The standard InChI is InChI=1S/C17H23NO/c1-2-18-17(16-8-3-4-11-19-16)15-10-9-13-6-5-7-14(13)12-15/h8-10,12,17-18H,2-7,11H2,1H3. The SMILES string of the molecule is CCNC(C1=CCCCO1)c1ccc2c(c1)CCC2. The van der Waals surface area contributed by atoms with E-state index in [4.69, 9.17) is 4.74 Å². The first-order valence-electron chi connectivity index (χ1n) is 7.56. The van der Waals surface area contributed by atoms with Crippen LogP contribution in [0.1, 0.15) is 48.9 Å². The first-order valence-corrected chi connectivity index (χ1v) is 7.56. The predicted octanol–water partition coefficient (Wildman–Crippen LogP) is 3.52. The van der Waals surface area contributed by atoms with Crippen molar-refractivity contribution in [1.82, 2.24) is 5.32 Å². The molecule has 1 unspecified atom stereocenters. The zero-order chi connectivity index (χ0) is 13.1. The van der Waals surface area contributed by atoms with Crippen LogP contribution < -0.4 is 5.32 Å². The van der Waals surface area contributed by atoms with Crippen LogP contribution in [0.15, 0.2) is 30.0 Å². The summed E-state index contributed by atoms with van der Waals surface area (Å²) in [4.78, 5) is 0. The number of nitrogens with one attached hydrogen (secondary N) is 1. The van der Waals surface area contributed by atoms with Crippen LogP contribution in [-0.4, -0.2) is 13.2 Å². The highest BCUT2D eigenvalue weighted by atomic mass is 16.5. The molecule has 2 heteroatoms. The molecule has 0 radical (unpaired) electrons. The van der Waals surface area contributed by atoms with E-state index in [0.29, 0.717) is 0 Å². The topological polar surface area (TPSA) is 21.3 Å². The van der Waals surface area contributed by atoms with Gasteiger partial charge in [-0.15, -0.1) is 0 Å². The smallest absolute Gasteiger partial charge is 0.113 e. The van der Waals surface area contributed by atoms with Crippen molar-refractivity contribution in [3.63, 3.8) is 0 Å². The Morgan fingerprint density at radius 3 is 2.89 bits per heavy atom. The van der Waals surface area contributed by atoms with Crippen LogP contribution in [0.3, 0.4) is 0 Å². The summed E-state index contributed by atoms with van der Waals surface area (Å²) in [6.07, 6.45) is 8.34. The fourth-order valence-corrected chi connectivity index (χ4v) is 3.14. The first-order chi connectivity index (χ1) is 9.38. The molecule has 0 saturated heterocycles. The lowest BCUT2D eigenvalue weighted by molar-refractivity contribution is 0.168. The third-order valence-electron chi connectivity index (χ3n) is 4.11. The Morgan fingerprint density at radius 2 is 2.11 bits per heavy atom. The van der Waals surface area contributed by atoms with Gasteiger partial charge < -0.3 is 10.1 Å². The Hall–Kier alpha value is -1.28. The van der Waals surface area contributed by atoms with Crippen LogP contribution in [-0.2, 0) is 17.6 Å². The van der Waals surface area contributed by atoms with Gasteiger partial charge >= 0.3 is 0 Å². The third kappa shape index (κ3) is 2.69. The van der Waals surface area contributed by atoms with Crippen LogP contribution in [0.2, 0.25) is 0 Å². The number of ether oxygens (including phenoxy) is 1. The van der Waals surface area contributed by atoms with Crippen LogP contribution in [0.5, 0.6) is 0 Å². The third-order valence-corrected chi connectivity index (χ3v) is 4.11. The highest BCUT2D eigenvalue weighted by Gasteiger charge is 2.21. The van der Waals surface area contributed by atoms with Gasteiger partial charge in [0.15, 0.2) is 0 Å². The van der Waals surface area contributed by atoms with Gasteiger partial charge in [0.2, 0.25) is 0 Å². The maximum atomic E-state index is 5.87. The average molecular weight is 257 g/mol. The molecule has 1 heterocycles. The first kappa shape index (κ1) is 12.7. The second kappa shape index (κ2) is 5.79. The second-order valence-electron chi connectivity index (χ2n) is 5.47. The van der Waals surface area contributed by atoms with E-state index in [1.54, 1.807) is 0 Å². The Bertz CT molecular complexity index is 478. The number of benzene rings is 1. The zero-order valence-electron chi connectivity index (χ0n) is 11.7. The maximum absolute atomic E-state index is 5.87. The highest BCUT2D eigenvalue weighted by molar-refractivity contribution is 5.38. The summed E-state index contributed by atoms with van der Waals surface area (Å²) >= 11 is 0. The van der Waals surface area contributed by atoms with E-state index < -0.39 is 0 Å². The Morgan fingerprint density at radius 1 is 1.21 bits per heavy atom. The molecule has 0 bridgehead atoms. The summed E-state index contributed by atoms with van der Waals surface area (Å²) in [6, 6.07) is 7.20. The number of rotatable bonds is 4.